The molecule has 1 N–H and O–H groups in total. The third kappa shape index (κ3) is 3.35. The molecule has 3 aromatic rings. The second-order valence-corrected chi connectivity index (χ2v) is 9.07. The van der Waals surface area contributed by atoms with E-state index in [1.807, 2.05) is 25.1 Å². The van der Waals surface area contributed by atoms with Gasteiger partial charge in [0.05, 0.1) is 10.6 Å². The van der Waals surface area contributed by atoms with Gasteiger partial charge in [-0.25, -0.2) is 13.4 Å². The fourth-order valence-electron chi connectivity index (χ4n) is 2.97. The molecule has 0 unspecified atom stereocenters. The topological polar surface area (TPSA) is 89.3 Å². The Morgan fingerprint density at radius 1 is 1.26 bits per heavy atom. The fraction of sp³-hybridized carbons (Fsp3) is 0.300. The van der Waals surface area contributed by atoms with Gasteiger partial charge in [0.15, 0.2) is 15.4 Å². The van der Waals surface area contributed by atoms with Crippen molar-refractivity contribution in [2.45, 2.75) is 31.6 Å². The molecule has 6 nitrogen and oxygen atoms in total. The first-order valence-electron chi connectivity index (χ1n) is 8.93. The van der Waals surface area contributed by atoms with E-state index in [4.69, 9.17) is 4.42 Å². The van der Waals surface area contributed by atoms with E-state index >= 15 is 0 Å². The Morgan fingerprint density at radius 2 is 2.04 bits per heavy atom. The lowest BCUT2D eigenvalue weighted by molar-refractivity contribution is -0.117. The zero-order valence-electron chi connectivity index (χ0n) is 15.2. The van der Waals surface area contributed by atoms with Crippen LogP contribution < -0.4 is 5.32 Å². The summed E-state index contributed by atoms with van der Waals surface area (Å²) in [4.78, 5) is 16.8. The highest BCUT2D eigenvalue weighted by atomic mass is 32.2. The van der Waals surface area contributed by atoms with Crippen LogP contribution in [-0.4, -0.2) is 25.1 Å². The Kier molecular flexibility index (Phi) is 4.26. The number of hydrogen-bond donors (Lipinski definition) is 1. The number of benzene rings is 2. The van der Waals surface area contributed by atoms with E-state index in [0.717, 1.165) is 29.7 Å². The van der Waals surface area contributed by atoms with Crippen LogP contribution in [0.4, 0.5) is 5.69 Å². The van der Waals surface area contributed by atoms with Gasteiger partial charge >= 0.3 is 0 Å². The zero-order valence-corrected chi connectivity index (χ0v) is 16.0. The molecule has 4 rings (SSSR count). The normalized spacial score (nSPS) is 14.4. The number of carbonyl (C=O) groups is 1. The molecule has 1 fully saturated rings. The van der Waals surface area contributed by atoms with Crippen molar-refractivity contribution in [3.05, 3.63) is 42.0 Å². The van der Waals surface area contributed by atoms with Gasteiger partial charge in [-0.1, -0.05) is 13.0 Å². The summed E-state index contributed by atoms with van der Waals surface area (Å²) in [6, 6.07) is 10.3. The van der Waals surface area contributed by atoms with Crippen LogP contribution in [0.5, 0.6) is 0 Å². The summed E-state index contributed by atoms with van der Waals surface area (Å²) < 4.78 is 30.0. The Hall–Kier alpha value is -2.67. The Balaban J connectivity index is 1.72. The molecule has 2 aromatic carbocycles. The highest BCUT2D eigenvalue weighted by molar-refractivity contribution is 7.91. The molecular weight excluding hydrogens is 364 g/mol. The lowest BCUT2D eigenvalue weighted by atomic mass is 10.1. The minimum atomic E-state index is -3.30. The first-order chi connectivity index (χ1) is 12.9. The molecule has 140 valence electrons. The number of oxazole rings is 1. The minimum Gasteiger partial charge on any atom is -0.436 e. The van der Waals surface area contributed by atoms with E-state index < -0.39 is 9.84 Å². The van der Waals surface area contributed by atoms with Crippen molar-refractivity contribution in [1.29, 1.82) is 0 Å². The van der Waals surface area contributed by atoms with E-state index in [0.29, 0.717) is 17.0 Å². The summed E-state index contributed by atoms with van der Waals surface area (Å²) in [6.07, 6.45) is 1.89. The third-order valence-electron chi connectivity index (χ3n) is 4.87. The summed E-state index contributed by atoms with van der Waals surface area (Å²) in [5.41, 5.74) is 3.37. The Bertz CT molecular complexity index is 1140. The number of nitrogens with one attached hydrogen (secondary N) is 1. The monoisotopic (exact) mass is 384 g/mol. The van der Waals surface area contributed by atoms with Crippen LogP contribution in [0.2, 0.25) is 0 Å². The second kappa shape index (κ2) is 6.49. The van der Waals surface area contributed by atoms with E-state index in [1.54, 1.807) is 13.0 Å². The van der Waals surface area contributed by atoms with Crippen LogP contribution >= 0.6 is 0 Å². The van der Waals surface area contributed by atoms with E-state index in [9.17, 15) is 13.2 Å². The predicted octanol–water partition coefficient (Wildman–Crippen LogP) is 3.95. The lowest BCUT2D eigenvalue weighted by Gasteiger charge is -2.10. The summed E-state index contributed by atoms with van der Waals surface area (Å²) in [5.74, 6) is 0.597. The van der Waals surface area contributed by atoms with Crippen molar-refractivity contribution in [1.82, 2.24) is 4.98 Å². The van der Waals surface area contributed by atoms with E-state index in [2.05, 4.69) is 10.3 Å². The average Bonchev–Trinajstić information content (AvgIpc) is 3.42. The van der Waals surface area contributed by atoms with Gasteiger partial charge in [0.2, 0.25) is 11.8 Å². The molecule has 0 atom stereocenters. The van der Waals surface area contributed by atoms with Gasteiger partial charge in [-0.3, -0.25) is 4.79 Å². The lowest BCUT2D eigenvalue weighted by Crippen LogP contribution is -2.14. The summed E-state index contributed by atoms with van der Waals surface area (Å²) in [6.45, 7) is 3.51. The van der Waals surface area contributed by atoms with Crippen molar-refractivity contribution in [3.63, 3.8) is 0 Å². The van der Waals surface area contributed by atoms with Crippen molar-refractivity contribution in [2.75, 3.05) is 11.1 Å². The highest BCUT2D eigenvalue weighted by Gasteiger charge is 2.30. The maximum absolute atomic E-state index is 12.1. The van der Waals surface area contributed by atoms with Gasteiger partial charge in [0.25, 0.3) is 0 Å². The maximum atomic E-state index is 12.1. The number of rotatable bonds is 5. The summed E-state index contributed by atoms with van der Waals surface area (Å²) in [5, 5.41) is 2.96. The van der Waals surface area contributed by atoms with Crippen molar-refractivity contribution in [2.24, 2.45) is 5.92 Å². The molecule has 0 bridgehead atoms. The number of amides is 1. The number of nitrogens with zero attached hydrogens (tertiary/aromatic N) is 1. The first kappa shape index (κ1) is 17.7. The zero-order chi connectivity index (χ0) is 19.2. The minimum absolute atomic E-state index is 0.0328. The van der Waals surface area contributed by atoms with E-state index in [-0.39, 0.29) is 22.5 Å². The van der Waals surface area contributed by atoms with E-state index in [1.165, 1.54) is 12.1 Å². The molecule has 1 aliphatic carbocycles. The molecule has 1 heterocycles. The predicted molar refractivity (Wildman–Crippen MR) is 103 cm³/mol. The molecule has 0 aliphatic heterocycles. The maximum Gasteiger partial charge on any atom is 0.227 e. The molecule has 0 spiro atoms. The Labute approximate surface area is 157 Å². The first-order valence-corrected chi connectivity index (χ1v) is 10.6. The number of hydrogen-bond acceptors (Lipinski definition) is 5. The van der Waals surface area contributed by atoms with Crippen LogP contribution in [-0.2, 0) is 14.6 Å². The largest absolute Gasteiger partial charge is 0.436 e. The molecule has 1 aromatic heterocycles. The molecule has 1 aliphatic rings. The van der Waals surface area contributed by atoms with Gasteiger partial charge in [0, 0.05) is 17.2 Å². The molecular formula is C20H20N2O4S. The summed E-state index contributed by atoms with van der Waals surface area (Å²) >= 11 is 0. The number of anilines is 1. The number of fused-ring (bicyclic) bond motifs is 1. The standard InChI is InChI=1S/C20H20N2O4S/c1-3-27(24,25)14-9-10-18-17(11-14)22-20(26-18)15-5-4-6-16(12(15)2)21-19(23)13-7-8-13/h4-6,9-11,13H,3,7-8H2,1-2H3,(H,21,23). The number of sulfone groups is 1. The number of aromatic nitrogens is 1. The molecule has 7 heteroatoms. The SMILES string of the molecule is CCS(=O)(=O)c1ccc2oc(-c3cccc(NC(=O)C4CC4)c3C)nc2c1. The fourth-order valence-corrected chi connectivity index (χ4v) is 3.87. The molecule has 1 saturated carbocycles. The third-order valence-corrected chi connectivity index (χ3v) is 6.60. The number of carbonyl (C=O) groups excluding carboxylic acids is 1. The van der Waals surface area contributed by atoms with Crippen molar-refractivity contribution in [3.8, 4) is 11.5 Å². The van der Waals surface area contributed by atoms with Crippen molar-refractivity contribution >= 4 is 32.5 Å². The average molecular weight is 384 g/mol. The van der Waals surface area contributed by atoms with Gasteiger partial charge in [-0.05, 0) is 55.7 Å². The highest BCUT2D eigenvalue weighted by Crippen LogP contribution is 2.34. The second-order valence-electron chi connectivity index (χ2n) is 6.79. The van der Waals surface area contributed by atoms with Crippen molar-refractivity contribution < 1.29 is 17.6 Å². The van der Waals surface area contributed by atoms with Gasteiger partial charge in [-0.15, -0.1) is 0 Å². The smallest absolute Gasteiger partial charge is 0.227 e. The van der Waals surface area contributed by atoms with Gasteiger partial charge in [0.1, 0.15) is 5.52 Å². The van der Waals surface area contributed by atoms with Crippen LogP contribution in [0.15, 0.2) is 45.7 Å². The molecule has 0 radical (unpaired) electrons. The Morgan fingerprint density at radius 3 is 2.74 bits per heavy atom. The summed E-state index contributed by atoms with van der Waals surface area (Å²) in [7, 11) is -3.30. The quantitative estimate of drug-likeness (QED) is 0.719. The van der Waals surface area contributed by atoms with Gasteiger partial charge in [-0.2, -0.15) is 0 Å². The van der Waals surface area contributed by atoms with Gasteiger partial charge < -0.3 is 9.73 Å². The van der Waals surface area contributed by atoms with Crippen LogP contribution in [0.1, 0.15) is 25.3 Å². The van der Waals surface area contributed by atoms with Crippen LogP contribution in [0, 0.1) is 12.8 Å². The molecule has 0 saturated heterocycles. The molecule has 27 heavy (non-hydrogen) atoms. The van der Waals surface area contributed by atoms with Crippen LogP contribution in [0.25, 0.3) is 22.6 Å². The molecule has 1 amide bonds. The van der Waals surface area contributed by atoms with Crippen LogP contribution in [0.3, 0.4) is 0 Å².